The molecule has 0 aromatic heterocycles. The lowest BCUT2D eigenvalue weighted by Gasteiger charge is -2.17. The van der Waals surface area contributed by atoms with Gasteiger partial charge in [0.15, 0.2) is 0 Å². The first kappa shape index (κ1) is 15.7. The van der Waals surface area contributed by atoms with Gasteiger partial charge < -0.3 is 16.2 Å². The van der Waals surface area contributed by atoms with E-state index in [1.54, 1.807) is 31.2 Å². The van der Waals surface area contributed by atoms with Crippen molar-refractivity contribution < 1.29 is 19.5 Å². The van der Waals surface area contributed by atoms with E-state index < -0.39 is 29.7 Å². The zero-order valence-electron chi connectivity index (χ0n) is 11.2. The Morgan fingerprint density at radius 3 is 2.35 bits per heavy atom. The van der Waals surface area contributed by atoms with Crippen LogP contribution in [0.3, 0.4) is 0 Å². The van der Waals surface area contributed by atoms with E-state index in [2.05, 4.69) is 5.32 Å². The number of carbonyl (C=O) groups is 3. The van der Waals surface area contributed by atoms with Crippen molar-refractivity contribution in [1.29, 1.82) is 0 Å². The molecule has 1 aromatic carbocycles. The molecular formula is C14H18N2O4. The lowest BCUT2D eigenvalue weighted by molar-refractivity contribution is -0.142. The van der Waals surface area contributed by atoms with Gasteiger partial charge in [-0.2, -0.15) is 0 Å². The molecule has 0 heterocycles. The molecular weight excluding hydrogens is 260 g/mol. The van der Waals surface area contributed by atoms with E-state index in [1.165, 1.54) is 0 Å². The third-order valence-corrected chi connectivity index (χ3v) is 2.99. The van der Waals surface area contributed by atoms with Crippen molar-refractivity contribution in [1.82, 2.24) is 5.32 Å². The largest absolute Gasteiger partial charge is 0.480 e. The Bertz CT molecular complexity index is 487. The highest BCUT2D eigenvalue weighted by Gasteiger charge is 2.23. The van der Waals surface area contributed by atoms with Gasteiger partial charge in [-0.05, 0) is 18.9 Å². The number of primary amides is 1. The Balaban J connectivity index is 2.66. The topological polar surface area (TPSA) is 109 Å². The van der Waals surface area contributed by atoms with E-state index in [9.17, 15) is 14.4 Å². The molecule has 0 aliphatic rings. The summed E-state index contributed by atoms with van der Waals surface area (Å²) in [4.78, 5) is 33.7. The second-order valence-corrected chi connectivity index (χ2v) is 4.54. The van der Waals surface area contributed by atoms with Crippen LogP contribution < -0.4 is 11.1 Å². The standard InChI is InChI=1S/C14H18N2O4/c1-9(10-5-3-2-4-6-10)13(18)16-11(14(19)20)7-8-12(15)17/h2-6,9,11H,7-8H2,1H3,(H2,15,17)(H,16,18)(H,19,20)/t9?,11-/m1/s1. The van der Waals surface area contributed by atoms with Gasteiger partial charge in [0.25, 0.3) is 0 Å². The third-order valence-electron chi connectivity index (χ3n) is 2.99. The second-order valence-electron chi connectivity index (χ2n) is 4.54. The molecule has 1 unspecified atom stereocenters. The smallest absolute Gasteiger partial charge is 0.326 e. The number of nitrogens with two attached hydrogens (primary N) is 1. The monoisotopic (exact) mass is 278 g/mol. The molecule has 0 saturated carbocycles. The SMILES string of the molecule is CC(C(=O)N[C@H](CCC(N)=O)C(=O)O)c1ccccc1. The molecule has 1 rings (SSSR count). The molecule has 6 nitrogen and oxygen atoms in total. The molecule has 6 heteroatoms. The van der Waals surface area contributed by atoms with Crippen LogP contribution in [0.2, 0.25) is 0 Å². The van der Waals surface area contributed by atoms with Crippen LogP contribution in [-0.4, -0.2) is 28.9 Å². The van der Waals surface area contributed by atoms with E-state index in [1.807, 2.05) is 6.07 Å². The summed E-state index contributed by atoms with van der Waals surface area (Å²) in [5.74, 6) is -2.64. The quantitative estimate of drug-likeness (QED) is 0.679. The van der Waals surface area contributed by atoms with Gasteiger partial charge in [0, 0.05) is 6.42 Å². The highest BCUT2D eigenvalue weighted by Crippen LogP contribution is 2.15. The molecule has 0 radical (unpaired) electrons. The van der Waals surface area contributed by atoms with Gasteiger partial charge in [-0.15, -0.1) is 0 Å². The van der Waals surface area contributed by atoms with Crippen LogP contribution in [0.4, 0.5) is 0 Å². The van der Waals surface area contributed by atoms with Crippen LogP contribution >= 0.6 is 0 Å². The van der Waals surface area contributed by atoms with E-state index in [0.29, 0.717) is 0 Å². The molecule has 108 valence electrons. The van der Waals surface area contributed by atoms with E-state index in [4.69, 9.17) is 10.8 Å². The first-order valence-corrected chi connectivity index (χ1v) is 6.28. The lowest BCUT2D eigenvalue weighted by Crippen LogP contribution is -2.43. The fraction of sp³-hybridized carbons (Fsp3) is 0.357. The Morgan fingerprint density at radius 2 is 1.85 bits per heavy atom. The average Bonchev–Trinajstić information content (AvgIpc) is 2.42. The summed E-state index contributed by atoms with van der Waals surface area (Å²) in [6.07, 6.45) is -0.102. The number of carbonyl (C=O) groups excluding carboxylic acids is 2. The number of hydrogen-bond donors (Lipinski definition) is 3. The van der Waals surface area contributed by atoms with Gasteiger partial charge in [0.1, 0.15) is 6.04 Å². The molecule has 0 aliphatic carbocycles. The van der Waals surface area contributed by atoms with Crippen LogP contribution in [0.5, 0.6) is 0 Å². The first-order valence-electron chi connectivity index (χ1n) is 6.28. The highest BCUT2D eigenvalue weighted by molar-refractivity contribution is 5.88. The molecule has 1 aromatic rings. The minimum atomic E-state index is -1.18. The Kier molecular flexibility index (Phi) is 5.71. The van der Waals surface area contributed by atoms with E-state index in [0.717, 1.165) is 5.56 Å². The van der Waals surface area contributed by atoms with Gasteiger partial charge >= 0.3 is 5.97 Å². The fourth-order valence-electron chi connectivity index (χ4n) is 1.73. The van der Waals surface area contributed by atoms with Crippen LogP contribution in [0.1, 0.15) is 31.2 Å². The summed E-state index contributed by atoms with van der Waals surface area (Å²) >= 11 is 0. The molecule has 0 spiro atoms. The predicted octanol–water partition coefficient (Wildman–Crippen LogP) is 0.625. The highest BCUT2D eigenvalue weighted by atomic mass is 16.4. The van der Waals surface area contributed by atoms with E-state index >= 15 is 0 Å². The number of aliphatic carboxylic acids is 1. The summed E-state index contributed by atoms with van der Waals surface area (Å²) in [7, 11) is 0. The maximum atomic E-state index is 12.0. The fourth-order valence-corrected chi connectivity index (χ4v) is 1.73. The predicted molar refractivity (Wildman–Crippen MR) is 72.9 cm³/mol. The van der Waals surface area contributed by atoms with Crippen molar-refractivity contribution in [3.63, 3.8) is 0 Å². The van der Waals surface area contributed by atoms with Crippen LogP contribution in [-0.2, 0) is 14.4 Å². The molecule has 0 aliphatic heterocycles. The lowest BCUT2D eigenvalue weighted by atomic mass is 9.99. The molecule has 2 amide bonds. The average molecular weight is 278 g/mol. The van der Waals surface area contributed by atoms with Gasteiger partial charge in [0.05, 0.1) is 5.92 Å². The number of carboxylic acids is 1. The maximum absolute atomic E-state index is 12.0. The van der Waals surface area contributed by atoms with E-state index in [-0.39, 0.29) is 12.8 Å². The Labute approximate surface area is 117 Å². The van der Waals surface area contributed by atoms with Gasteiger partial charge in [-0.1, -0.05) is 30.3 Å². The van der Waals surface area contributed by atoms with Gasteiger partial charge in [-0.25, -0.2) is 4.79 Å². The minimum Gasteiger partial charge on any atom is -0.480 e. The normalized spacial score (nSPS) is 13.2. The van der Waals surface area contributed by atoms with Crippen LogP contribution in [0.25, 0.3) is 0 Å². The molecule has 0 fully saturated rings. The number of rotatable bonds is 7. The van der Waals surface area contributed by atoms with Crippen molar-refractivity contribution in [2.45, 2.75) is 31.7 Å². The van der Waals surface area contributed by atoms with Crippen molar-refractivity contribution in [2.75, 3.05) is 0 Å². The van der Waals surface area contributed by atoms with Crippen molar-refractivity contribution in [3.8, 4) is 0 Å². The number of hydrogen-bond acceptors (Lipinski definition) is 3. The third kappa shape index (κ3) is 4.72. The molecule has 2 atom stereocenters. The zero-order valence-corrected chi connectivity index (χ0v) is 11.2. The number of amides is 2. The second kappa shape index (κ2) is 7.28. The van der Waals surface area contributed by atoms with Gasteiger partial charge in [0.2, 0.25) is 11.8 Å². The zero-order chi connectivity index (χ0) is 15.1. The summed E-state index contributed by atoms with van der Waals surface area (Å²) in [6.45, 7) is 1.69. The van der Waals surface area contributed by atoms with Crippen molar-refractivity contribution >= 4 is 17.8 Å². The molecule has 4 N–H and O–H groups in total. The molecule has 0 bridgehead atoms. The minimum absolute atomic E-state index is 0.0160. The first-order chi connectivity index (χ1) is 9.41. The summed E-state index contributed by atoms with van der Waals surface area (Å²) < 4.78 is 0. The summed E-state index contributed by atoms with van der Waals surface area (Å²) in [5.41, 5.74) is 5.77. The molecule has 20 heavy (non-hydrogen) atoms. The van der Waals surface area contributed by atoms with Gasteiger partial charge in [-0.3, -0.25) is 9.59 Å². The Hall–Kier alpha value is -2.37. The summed E-state index contributed by atoms with van der Waals surface area (Å²) in [6, 6.07) is 7.93. The number of carboxylic acid groups (broad SMARTS) is 1. The maximum Gasteiger partial charge on any atom is 0.326 e. The number of benzene rings is 1. The van der Waals surface area contributed by atoms with Crippen molar-refractivity contribution in [2.24, 2.45) is 5.73 Å². The van der Waals surface area contributed by atoms with Crippen molar-refractivity contribution in [3.05, 3.63) is 35.9 Å². The van der Waals surface area contributed by atoms with Crippen LogP contribution in [0, 0.1) is 0 Å². The van der Waals surface area contributed by atoms with Crippen LogP contribution in [0.15, 0.2) is 30.3 Å². The summed E-state index contributed by atoms with van der Waals surface area (Å²) in [5, 5.41) is 11.4. The number of nitrogens with one attached hydrogen (secondary N) is 1. The molecule has 0 saturated heterocycles. The Morgan fingerprint density at radius 1 is 1.25 bits per heavy atom.